The van der Waals surface area contributed by atoms with E-state index >= 15 is 0 Å². The van der Waals surface area contributed by atoms with Gasteiger partial charge >= 0.3 is 0 Å². The van der Waals surface area contributed by atoms with E-state index in [1.807, 2.05) is 0 Å². The third-order valence-electron chi connectivity index (χ3n) is 4.09. The molecule has 1 aliphatic rings. The summed E-state index contributed by atoms with van der Waals surface area (Å²) in [5.74, 6) is 0.661. The molecule has 0 bridgehead atoms. The van der Waals surface area contributed by atoms with Crippen molar-refractivity contribution in [3.05, 3.63) is 23.8 Å². The molecule has 106 valence electrons. The Morgan fingerprint density at radius 3 is 2.53 bits per heavy atom. The molecule has 0 spiro atoms. The van der Waals surface area contributed by atoms with E-state index in [2.05, 4.69) is 6.92 Å². The van der Waals surface area contributed by atoms with Crippen molar-refractivity contribution in [3.8, 4) is 0 Å². The summed E-state index contributed by atoms with van der Waals surface area (Å²) in [6.07, 6.45) is 3.04. The molecule has 0 unspecified atom stereocenters. The Labute approximate surface area is 115 Å². The first-order valence-corrected chi connectivity index (χ1v) is 8.26. The SMILES string of the molecule is CCC1CCN(S(=O)(=O)c2cccc(N)c2C)CC1. The van der Waals surface area contributed by atoms with Gasteiger partial charge in [0, 0.05) is 18.8 Å². The summed E-state index contributed by atoms with van der Waals surface area (Å²) in [5, 5.41) is 0. The zero-order valence-electron chi connectivity index (χ0n) is 11.6. The van der Waals surface area contributed by atoms with Gasteiger partial charge in [-0.05, 0) is 43.4 Å². The van der Waals surface area contributed by atoms with Crippen LogP contribution < -0.4 is 5.73 Å². The van der Waals surface area contributed by atoms with Crippen molar-refractivity contribution in [2.75, 3.05) is 18.8 Å². The molecule has 0 aromatic heterocycles. The molecule has 2 rings (SSSR count). The normalized spacial score (nSPS) is 18.6. The van der Waals surface area contributed by atoms with E-state index in [0.717, 1.165) is 19.3 Å². The highest BCUT2D eigenvalue weighted by molar-refractivity contribution is 7.89. The van der Waals surface area contributed by atoms with Gasteiger partial charge in [0.15, 0.2) is 0 Å². The zero-order chi connectivity index (χ0) is 14.0. The van der Waals surface area contributed by atoms with Crippen molar-refractivity contribution in [1.29, 1.82) is 0 Å². The van der Waals surface area contributed by atoms with Crippen LogP contribution in [0.1, 0.15) is 31.7 Å². The fourth-order valence-corrected chi connectivity index (χ4v) is 4.33. The lowest BCUT2D eigenvalue weighted by Crippen LogP contribution is -2.38. The Balaban J connectivity index is 2.26. The highest BCUT2D eigenvalue weighted by Gasteiger charge is 2.30. The molecule has 19 heavy (non-hydrogen) atoms. The minimum Gasteiger partial charge on any atom is -0.398 e. The molecule has 1 fully saturated rings. The van der Waals surface area contributed by atoms with E-state index in [-0.39, 0.29) is 0 Å². The number of benzene rings is 1. The van der Waals surface area contributed by atoms with Crippen molar-refractivity contribution in [3.63, 3.8) is 0 Å². The van der Waals surface area contributed by atoms with Gasteiger partial charge in [-0.2, -0.15) is 4.31 Å². The van der Waals surface area contributed by atoms with Crippen LogP contribution >= 0.6 is 0 Å². The molecule has 0 saturated carbocycles. The summed E-state index contributed by atoms with van der Waals surface area (Å²) in [4.78, 5) is 0.349. The maximum absolute atomic E-state index is 12.6. The fourth-order valence-electron chi connectivity index (χ4n) is 2.61. The predicted octanol–water partition coefficient (Wildman–Crippen LogP) is 2.39. The molecule has 1 aliphatic heterocycles. The Bertz CT molecular complexity index is 547. The van der Waals surface area contributed by atoms with Crippen molar-refractivity contribution < 1.29 is 8.42 Å². The van der Waals surface area contributed by atoms with Crippen LogP contribution in [0.4, 0.5) is 5.69 Å². The largest absolute Gasteiger partial charge is 0.398 e. The van der Waals surface area contributed by atoms with E-state index in [1.165, 1.54) is 0 Å². The van der Waals surface area contributed by atoms with Gasteiger partial charge in [0.2, 0.25) is 10.0 Å². The Morgan fingerprint density at radius 2 is 1.95 bits per heavy atom. The van der Waals surface area contributed by atoms with Gasteiger partial charge in [-0.15, -0.1) is 0 Å². The Morgan fingerprint density at radius 1 is 1.32 bits per heavy atom. The van der Waals surface area contributed by atoms with Crippen LogP contribution in [-0.2, 0) is 10.0 Å². The number of nitrogens with zero attached hydrogens (tertiary/aromatic N) is 1. The van der Waals surface area contributed by atoms with Gasteiger partial charge < -0.3 is 5.73 Å². The molecule has 1 saturated heterocycles. The van der Waals surface area contributed by atoms with Crippen molar-refractivity contribution in [2.45, 2.75) is 38.0 Å². The second kappa shape index (κ2) is 5.51. The van der Waals surface area contributed by atoms with Gasteiger partial charge in [0.25, 0.3) is 0 Å². The molecule has 0 atom stereocenters. The molecular weight excluding hydrogens is 260 g/mol. The number of piperidine rings is 1. The van der Waals surface area contributed by atoms with Crippen LogP contribution in [-0.4, -0.2) is 25.8 Å². The van der Waals surface area contributed by atoms with Crippen LogP contribution in [0.3, 0.4) is 0 Å². The summed E-state index contributed by atoms with van der Waals surface area (Å²) in [5.41, 5.74) is 6.99. The molecule has 4 nitrogen and oxygen atoms in total. The number of rotatable bonds is 3. The van der Waals surface area contributed by atoms with E-state index in [0.29, 0.717) is 35.2 Å². The molecule has 0 amide bonds. The fraction of sp³-hybridized carbons (Fsp3) is 0.571. The smallest absolute Gasteiger partial charge is 0.243 e. The average molecular weight is 282 g/mol. The van der Waals surface area contributed by atoms with Crippen LogP contribution in [0.25, 0.3) is 0 Å². The number of anilines is 1. The molecular formula is C14H22N2O2S. The first-order chi connectivity index (χ1) is 8.96. The zero-order valence-corrected chi connectivity index (χ0v) is 12.4. The highest BCUT2D eigenvalue weighted by atomic mass is 32.2. The molecule has 5 heteroatoms. The standard InChI is InChI=1S/C14H22N2O2S/c1-3-12-7-9-16(10-8-12)19(17,18)14-6-4-5-13(15)11(14)2/h4-6,12H,3,7-10,15H2,1-2H3. The second-order valence-corrected chi connectivity index (χ2v) is 7.13. The molecule has 0 radical (unpaired) electrons. The van der Waals surface area contributed by atoms with E-state index in [4.69, 9.17) is 5.73 Å². The van der Waals surface area contributed by atoms with Crippen molar-refractivity contribution in [2.24, 2.45) is 5.92 Å². The lowest BCUT2D eigenvalue weighted by Gasteiger charge is -2.31. The summed E-state index contributed by atoms with van der Waals surface area (Å²) in [7, 11) is -3.39. The first kappa shape index (κ1) is 14.3. The quantitative estimate of drug-likeness (QED) is 0.866. The van der Waals surface area contributed by atoms with Crippen LogP contribution in [0.15, 0.2) is 23.1 Å². The third-order valence-corrected chi connectivity index (χ3v) is 6.14. The molecule has 1 aromatic carbocycles. The average Bonchev–Trinajstić information content (AvgIpc) is 2.41. The second-order valence-electron chi connectivity index (χ2n) is 5.23. The number of hydrogen-bond acceptors (Lipinski definition) is 3. The molecule has 0 aliphatic carbocycles. The lowest BCUT2D eigenvalue weighted by molar-refractivity contribution is 0.269. The maximum atomic E-state index is 12.6. The van der Waals surface area contributed by atoms with Crippen molar-refractivity contribution >= 4 is 15.7 Å². The third kappa shape index (κ3) is 2.77. The van der Waals surface area contributed by atoms with Crippen LogP contribution in [0.5, 0.6) is 0 Å². The lowest BCUT2D eigenvalue weighted by atomic mass is 9.96. The van der Waals surface area contributed by atoms with Crippen LogP contribution in [0, 0.1) is 12.8 Å². The summed E-state index contributed by atoms with van der Waals surface area (Å²) in [6, 6.07) is 5.08. The topological polar surface area (TPSA) is 63.4 Å². The van der Waals surface area contributed by atoms with Gasteiger partial charge in [-0.3, -0.25) is 0 Å². The van der Waals surface area contributed by atoms with Crippen LogP contribution in [0.2, 0.25) is 0 Å². The minimum atomic E-state index is -3.39. The molecule has 1 aromatic rings. The highest BCUT2D eigenvalue weighted by Crippen LogP contribution is 2.28. The van der Waals surface area contributed by atoms with Gasteiger partial charge in [-0.1, -0.05) is 19.4 Å². The van der Waals surface area contributed by atoms with E-state index in [9.17, 15) is 8.42 Å². The summed E-state index contributed by atoms with van der Waals surface area (Å²) in [6.45, 7) is 5.17. The maximum Gasteiger partial charge on any atom is 0.243 e. The minimum absolute atomic E-state index is 0.349. The molecule has 2 N–H and O–H groups in total. The molecule has 1 heterocycles. The predicted molar refractivity (Wildman–Crippen MR) is 77.4 cm³/mol. The Hall–Kier alpha value is -1.07. The number of nitrogen functional groups attached to an aromatic ring is 1. The van der Waals surface area contributed by atoms with Crippen molar-refractivity contribution in [1.82, 2.24) is 4.31 Å². The summed E-state index contributed by atoms with van der Waals surface area (Å²) >= 11 is 0. The monoisotopic (exact) mass is 282 g/mol. The Kier molecular flexibility index (Phi) is 4.16. The number of sulfonamides is 1. The van der Waals surface area contributed by atoms with Gasteiger partial charge in [0.1, 0.15) is 0 Å². The van der Waals surface area contributed by atoms with E-state index in [1.54, 1.807) is 29.4 Å². The van der Waals surface area contributed by atoms with Gasteiger partial charge in [0.05, 0.1) is 4.90 Å². The number of hydrogen-bond donors (Lipinski definition) is 1. The van der Waals surface area contributed by atoms with Gasteiger partial charge in [-0.25, -0.2) is 8.42 Å². The first-order valence-electron chi connectivity index (χ1n) is 6.82. The van der Waals surface area contributed by atoms with E-state index < -0.39 is 10.0 Å². The number of nitrogens with two attached hydrogens (primary N) is 1. The summed E-state index contributed by atoms with van der Waals surface area (Å²) < 4.78 is 26.8.